The molecule has 0 fully saturated rings. The van der Waals surface area contributed by atoms with Gasteiger partial charge in [-0.05, 0) is 57.8 Å². The van der Waals surface area contributed by atoms with Crippen LogP contribution in [0.4, 0.5) is 0 Å². The highest BCUT2D eigenvalue weighted by Gasteiger charge is 2.72. The minimum Gasteiger partial charge on any atom is -0.390 e. The maximum atomic E-state index is 13.6. The summed E-state index contributed by atoms with van der Waals surface area (Å²) in [6.45, 7) is 23.0. The molecule has 0 saturated heterocycles. The van der Waals surface area contributed by atoms with E-state index in [9.17, 15) is 10.2 Å². The predicted octanol–water partition coefficient (Wildman–Crippen LogP) is 38.2. The Kier molecular flexibility index (Phi) is 103. The molecule has 0 aliphatic heterocycles. The number of aliphatic hydroxyl groups excluding tert-OH is 2. The fraction of sp³-hybridized carbons (Fsp3) is 1.00. The summed E-state index contributed by atoms with van der Waals surface area (Å²) >= 11 is 0. The van der Waals surface area contributed by atoms with Gasteiger partial charge in [0.05, 0.1) is 52.9 Å². The van der Waals surface area contributed by atoms with Gasteiger partial charge in [0, 0.05) is 6.54 Å². The highest BCUT2D eigenvalue weighted by molar-refractivity contribution is 5.01. The molecule has 0 saturated carbocycles. The van der Waals surface area contributed by atoms with E-state index in [0.717, 1.165) is 173 Å². The minimum atomic E-state index is -2.01. The van der Waals surface area contributed by atoms with Crippen LogP contribution in [0.25, 0.3) is 0 Å². The number of nitrogens with zero attached hydrogens (tertiary/aromatic N) is 1. The summed E-state index contributed by atoms with van der Waals surface area (Å²) in [7, 11) is 0. The minimum absolute atomic E-state index is 0.340. The maximum absolute atomic E-state index is 13.6. The van der Waals surface area contributed by atoms with Crippen molar-refractivity contribution in [3.8, 4) is 0 Å². The molecule has 11 nitrogen and oxygen atoms in total. The van der Waals surface area contributed by atoms with E-state index in [1.807, 2.05) is 0 Å². The van der Waals surface area contributed by atoms with Crippen molar-refractivity contribution >= 4 is 0 Å². The average molecular weight is 1800 g/mol. The first-order valence-electron chi connectivity index (χ1n) is 58.9. The Morgan fingerprint density at radius 1 is 0.134 bits per heavy atom. The fourth-order valence-corrected chi connectivity index (χ4v) is 19.2. The molecule has 0 aromatic heterocycles. The van der Waals surface area contributed by atoms with Gasteiger partial charge in [0.25, 0.3) is 23.4 Å². The molecule has 0 spiro atoms. The van der Waals surface area contributed by atoms with E-state index >= 15 is 0 Å². The smallest absolute Gasteiger partial charge is 0.294 e. The summed E-state index contributed by atoms with van der Waals surface area (Å²) in [5, 5.41) is 27.2. The van der Waals surface area contributed by atoms with Gasteiger partial charge in [0.1, 0.15) is 13.2 Å². The quantitative estimate of drug-likeness (QED) is 0.0448. The number of ether oxygens (including phenoxy) is 8. The lowest BCUT2D eigenvalue weighted by Crippen LogP contribution is -2.82. The third-order valence-electron chi connectivity index (χ3n) is 27.8. The molecular weight excluding hydrogens is 1570 g/mol. The third kappa shape index (κ3) is 73.4. The van der Waals surface area contributed by atoms with Crippen LogP contribution in [0.1, 0.15) is 653 Å². The largest absolute Gasteiger partial charge is 0.390 e. The zero-order chi connectivity index (χ0) is 92.1. The van der Waals surface area contributed by atoms with E-state index in [1.165, 1.54) is 417 Å². The first kappa shape index (κ1) is 127. The Labute approximate surface area is 797 Å². The molecule has 0 bridgehead atoms. The number of hydrogen-bond donors (Lipinski definition) is 2. The Bertz CT molecular complexity index is 1780. The first-order valence-corrected chi connectivity index (χ1v) is 58.9. The van der Waals surface area contributed by atoms with Crippen LogP contribution in [0.3, 0.4) is 0 Å². The number of hydrogen-bond acceptors (Lipinski definition) is 11. The van der Waals surface area contributed by atoms with Gasteiger partial charge in [0.15, 0.2) is 0 Å². The Hall–Kier alpha value is -0.440. The molecule has 0 rings (SSSR count). The summed E-state index contributed by atoms with van der Waals surface area (Å²) in [5.74, 6) is -7.85. The lowest BCUT2D eigenvalue weighted by atomic mass is 10.0. The van der Waals surface area contributed by atoms with E-state index in [1.54, 1.807) is 0 Å². The van der Waals surface area contributed by atoms with Crippen molar-refractivity contribution in [1.29, 1.82) is 0 Å². The van der Waals surface area contributed by atoms with Crippen LogP contribution < -0.4 is 0 Å². The molecule has 0 atom stereocenters. The van der Waals surface area contributed by atoms with Gasteiger partial charge < -0.3 is 48.1 Å². The van der Waals surface area contributed by atoms with E-state index < -0.39 is 36.6 Å². The summed E-state index contributed by atoms with van der Waals surface area (Å²) in [6.07, 6.45) is 110. The van der Waals surface area contributed by atoms with Crippen LogP contribution in [-0.2, 0) is 37.9 Å². The third-order valence-corrected chi connectivity index (χ3v) is 27.8. The van der Waals surface area contributed by atoms with Crippen LogP contribution in [0.15, 0.2) is 0 Å². The molecule has 11 heteroatoms. The molecule has 0 unspecified atom stereocenters. The van der Waals surface area contributed by atoms with E-state index in [2.05, 4.69) is 67.2 Å². The normalized spacial score (nSPS) is 12.5. The predicted molar refractivity (Wildman–Crippen MR) is 555 cm³/mol. The highest BCUT2D eigenvalue weighted by atomic mass is 16.8. The fourth-order valence-electron chi connectivity index (χ4n) is 19.2. The van der Waals surface area contributed by atoms with Crippen molar-refractivity contribution < 1.29 is 48.1 Å². The van der Waals surface area contributed by atoms with Gasteiger partial charge in [-0.3, -0.25) is 0 Å². The first-order chi connectivity index (χ1) is 62.8. The highest BCUT2D eigenvalue weighted by Crippen LogP contribution is 2.49. The maximum Gasteiger partial charge on any atom is 0.294 e. The molecule has 0 aliphatic rings. The Morgan fingerprint density at radius 2 is 0.236 bits per heavy atom. The molecular formula is C116H235NO10. The number of rotatable bonds is 115. The molecule has 0 aliphatic carbocycles. The lowest BCUT2D eigenvalue weighted by Gasteiger charge is -2.60. The molecule has 0 amide bonds. The summed E-state index contributed by atoms with van der Waals surface area (Å²) < 4.78 is 64.7. The number of aliphatic hydroxyl groups is 2. The zero-order valence-electron chi connectivity index (χ0n) is 88.4. The number of unbranched alkanes of at least 4 members (excludes halogenated alkanes) is 83. The molecule has 0 aromatic rings. The average Bonchev–Trinajstić information content (AvgIpc) is 0.707. The topological polar surface area (TPSA) is 118 Å². The van der Waals surface area contributed by atoms with Crippen molar-refractivity contribution in [3.63, 3.8) is 0 Å². The van der Waals surface area contributed by atoms with Crippen molar-refractivity contribution in [2.45, 2.75) is 676 Å². The van der Waals surface area contributed by atoms with Crippen LogP contribution >= 0.6 is 0 Å². The SMILES string of the molecule is CCCCCCCCCCCCCCN(C(OCCCCCCCCCCCC)(OCCCCCCCCCCCC)C(CO)(OCCCCCCCCCCCC)OCCCCCCCCCCCC)C(OCCCCCCCCCCCC)(OCCCCCCCCCCCC)C(CO)(OCCCCCCCCCCCC)OCCCCCCCCCCCC. The molecule has 127 heavy (non-hydrogen) atoms. The van der Waals surface area contributed by atoms with Gasteiger partial charge in [-0.25, -0.2) is 0 Å². The summed E-state index contributed by atoms with van der Waals surface area (Å²) in [5.41, 5.74) is 0. The van der Waals surface area contributed by atoms with Crippen molar-refractivity contribution in [1.82, 2.24) is 4.90 Å². The van der Waals surface area contributed by atoms with Crippen LogP contribution in [0, 0.1) is 0 Å². The van der Waals surface area contributed by atoms with Gasteiger partial charge in [-0.1, -0.05) is 595 Å². The van der Waals surface area contributed by atoms with Crippen molar-refractivity contribution in [3.05, 3.63) is 0 Å². The van der Waals surface area contributed by atoms with E-state index in [-0.39, 0.29) is 0 Å². The standard InChI is InChI=1S/C116H235NO10/c1-10-19-28-37-46-55-64-65-66-75-84-93-102-117(115(124-107-98-89-80-71-60-51-42-33-24-15-6,125-108-99-90-81-72-61-52-43-34-25-16-7)113(111-118,120-103-94-85-76-67-56-47-38-29-20-11-2)121-104-95-86-77-68-57-48-39-30-21-12-3)116(126-109-100-91-82-73-62-53-44-35-26-17-8,127-110-101-92-83-74-63-54-45-36-27-18-9)114(112-119,122-105-96-87-78-69-58-49-40-31-22-13-4)123-106-97-88-79-70-59-50-41-32-23-14-5/h118-119H,10-112H2,1-9H3. The molecule has 0 radical (unpaired) electrons. The van der Waals surface area contributed by atoms with Gasteiger partial charge >= 0.3 is 0 Å². The van der Waals surface area contributed by atoms with Crippen LogP contribution in [0.5, 0.6) is 0 Å². The monoisotopic (exact) mass is 1800 g/mol. The van der Waals surface area contributed by atoms with E-state index in [4.69, 9.17) is 37.9 Å². The van der Waals surface area contributed by atoms with Gasteiger partial charge in [-0.15, -0.1) is 0 Å². The molecule has 0 heterocycles. The van der Waals surface area contributed by atoms with Crippen molar-refractivity contribution in [2.24, 2.45) is 0 Å². The lowest BCUT2D eigenvalue weighted by molar-refractivity contribution is -0.545. The van der Waals surface area contributed by atoms with Crippen molar-refractivity contribution in [2.75, 3.05) is 72.6 Å². The van der Waals surface area contributed by atoms with Crippen LogP contribution in [-0.4, -0.2) is 111 Å². The van der Waals surface area contributed by atoms with Crippen LogP contribution in [0.2, 0.25) is 0 Å². The zero-order valence-corrected chi connectivity index (χ0v) is 88.4. The summed E-state index contributed by atoms with van der Waals surface area (Å²) in [6, 6.07) is 0. The molecule has 764 valence electrons. The molecule has 0 aromatic carbocycles. The Morgan fingerprint density at radius 3 is 0.354 bits per heavy atom. The second-order valence-corrected chi connectivity index (χ2v) is 40.3. The Balaban J connectivity index is 9.88. The summed E-state index contributed by atoms with van der Waals surface area (Å²) in [4.78, 5) is 2.27. The van der Waals surface area contributed by atoms with Gasteiger partial charge in [-0.2, -0.15) is 4.90 Å². The second-order valence-electron chi connectivity index (χ2n) is 40.3. The molecule has 2 N–H and O–H groups in total. The second kappa shape index (κ2) is 103. The van der Waals surface area contributed by atoms with E-state index in [0.29, 0.717) is 59.4 Å². The van der Waals surface area contributed by atoms with Gasteiger partial charge in [0.2, 0.25) is 0 Å².